The van der Waals surface area contributed by atoms with Gasteiger partial charge in [0.25, 0.3) is 0 Å². The third kappa shape index (κ3) is 2.80. The Balaban J connectivity index is 2.26. The van der Waals surface area contributed by atoms with E-state index in [1.807, 2.05) is 24.3 Å². The number of fused-ring (bicyclic) bond motifs is 1. The molecule has 0 aliphatic carbocycles. The van der Waals surface area contributed by atoms with Crippen LogP contribution < -0.4 is 11.1 Å². The lowest BCUT2D eigenvalue weighted by Gasteiger charge is -2.16. The summed E-state index contributed by atoms with van der Waals surface area (Å²) in [6, 6.07) is 7.61. The average Bonchev–Trinajstić information content (AvgIpc) is 2.36. The second-order valence-electron chi connectivity index (χ2n) is 4.28. The molecule has 2 atom stereocenters. The minimum absolute atomic E-state index is 0.311. The number of anilines is 1. The lowest BCUT2D eigenvalue weighted by atomic mass is 10.1. The van der Waals surface area contributed by atoms with Crippen LogP contribution in [0, 0.1) is 0 Å². The predicted molar refractivity (Wildman–Crippen MR) is 77.6 cm³/mol. The van der Waals surface area contributed by atoms with Crippen molar-refractivity contribution in [3.8, 4) is 0 Å². The largest absolute Gasteiger partial charge is 0.392 e. The molecule has 0 amide bonds. The molecule has 2 rings (SSSR count). The highest BCUT2D eigenvalue weighted by Gasteiger charge is 2.10. The van der Waals surface area contributed by atoms with E-state index in [0.717, 1.165) is 21.1 Å². The van der Waals surface area contributed by atoms with E-state index in [1.165, 1.54) is 0 Å². The molecule has 0 saturated carbocycles. The standard InChI is InChI=1S/C13H16BrN3O/c1-8(18)12(15)7-17-13-10-3-2-4-11(14)9(10)5-6-16-13/h2-6,8,12,18H,7,15H2,1H3,(H,16,17). The smallest absolute Gasteiger partial charge is 0.133 e. The van der Waals surface area contributed by atoms with Crippen LogP contribution in [-0.2, 0) is 0 Å². The van der Waals surface area contributed by atoms with E-state index in [4.69, 9.17) is 5.73 Å². The van der Waals surface area contributed by atoms with Gasteiger partial charge in [-0.3, -0.25) is 0 Å². The quantitative estimate of drug-likeness (QED) is 0.809. The number of pyridine rings is 1. The van der Waals surface area contributed by atoms with Gasteiger partial charge in [0, 0.05) is 34.0 Å². The molecule has 96 valence electrons. The van der Waals surface area contributed by atoms with E-state index in [1.54, 1.807) is 13.1 Å². The van der Waals surface area contributed by atoms with Gasteiger partial charge >= 0.3 is 0 Å². The molecule has 0 fully saturated rings. The van der Waals surface area contributed by atoms with Gasteiger partial charge < -0.3 is 16.2 Å². The molecule has 5 heteroatoms. The van der Waals surface area contributed by atoms with Gasteiger partial charge in [0.15, 0.2) is 0 Å². The van der Waals surface area contributed by atoms with Gasteiger partial charge in [0.1, 0.15) is 5.82 Å². The van der Waals surface area contributed by atoms with Crippen LogP contribution in [0.15, 0.2) is 34.9 Å². The highest BCUT2D eigenvalue weighted by atomic mass is 79.9. The van der Waals surface area contributed by atoms with E-state index in [9.17, 15) is 5.11 Å². The molecular formula is C13H16BrN3O. The van der Waals surface area contributed by atoms with Crippen LogP contribution in [0.5, 0.6) is 0 Å². The van der Waals surface area contributed by atoms with Gasteiger partial charge in [-0.25, -0.2) is 4.98 Å². The van der Waals surface area contributed by atoms with Crippen LogP contribution in [0.1, 0.15) is 6.92 Å². The van der Waals surface area contributed by atoms with E-state index >= 15 is 0 Å². The monoisotopic (exact) mass is 309 g/mol. The Morgan fingerprint density at radius 3 is 2.89 bits per heavy atom. The van der Waals surface area contributed by atoms with Crippen LogP contribution in [-0.4, -0.2) is 28.8 Å². The number of aliphatic hydroxyl groups is 1. The van der Waals surface area contributed by atoms with Crippen molar-refractivity contribution < 1.29 is 5.11 Å². The number of benzene rings is 1. The first-order chi connectivity index (χ1) is 8.59. The van der Waals surface area contributed by atoms with Crippen molar-refractivity contribution in [3.05, 3.63) is 34.9 Å². The van der Waals surface area contributed by atoms with E-state index in [-0.39, 0.29) is 6.04 Å². The summed E-state index contributed by atoms with van der Waals surface area (Å²) in [5, 5.41) is 14.7. The molecule has 18 heavy (non-hydrogen) atoms. The van der Waals surface area contributed by atoms with Crippen LogP contribution in [0.2, 0.25) is 0 Å². The zero-order chi connectivity index (χ0) is 13.1. The van der Waals surface area contributed by atoms with Crippen molar-refractivity contribution in [1.82, 2.24) is 4.98 Å². The maximum absolute atomic E-state index is 9.36. The van der Waals surface area contributed by atoms with Crippen LogP contribution in [0.4, 0.5) is 5.82 Å². The first-order valence-corrected chi connectivity index (χ1v) is 6.59. The van der Waals surface area contributed by atoms with Crippen LogP contribution in [0.3, 0.4) is 0 Å². The summed E-state index contributed by atoms with van der Waals surface area (Å²) in [4.78, 5) is 4.31. The van der Waals surface area contributed by atoms with E-state index < -0.39 is 6.10 Å². The second-order valence-corrected chi connectivity index (χ2v) is 5.13. The molecule has 1 aromatic carbocycles. The van der Waals surface area contributed by atoms with Gasteiger partial charge in [-0.15, -0.1) is 0 Å². The number of hydrogen-bond donors (Lipinski definition) is 3. The maximum atomic E-state index is 9.36. The number of aromatic nitrogens is 1. The Labute approximate surface area is 114 Å². The minimum atomic E-state index is -0.542. The fraction of sp³-hybridized carbons (Fsp3) is 0.308. The Kier molecular flexibility index (Phi) is 4.16. The maximum Gasteiger partial charge on any atom is 0.133 e. The number of nitrogens with one attached hydrogen (secondary N) is 1. The minimum Gasteiger partial charge on any atom is -0.392 e. The molecule has 2 aromatic rings. The Morgan fingerprint density at radius 2 is 2.17 bits per heavy atom. The molecule has 0 saturated heterocycles. The van der Waals surface area contributed by atoms with Gasteiger partial charge in [-0.05, 0) is 19.1 Å². The third-order valence-electron chi connectivity index (χ3n) is 2.88. The van der Waals surface area contributed by atoms with Gasteiger partial charge in [-0.2, -0.15) is 0 Å². The summed E-state index contributed by atoms with van der Waals surface area (Å²) in [7, 11) is 0. The lowest BCUT2D eigenvalue weighted by molar-refractivity contribution is 0.168. The number of nitrogens with two attached hydrogens (primary N) is 1. The molecule has 1 heterocycles. The van der Waals surface area contributed by atoms with Crippen molar-refractivity contribution in [2.45, 2.75) is 19.1 Å². The van der Waals surface area contributed by atoms with Crippen molar-refractivity contribution >= 4 is 32.5 Å². The van der Waals surface area contributed by atoms with E-state index in [2.05, 4.69) is 26.2 Å². The van der Waals surface area contributed by atoms with Gasteiger partial charge in [0.2, 0.25) is 0 Å². The average molecular weight is 310 g/mol. The van der Waals surface area contributed by atoms with Gasteiger partial charge in [0.05, 0.1) is 6.10 Å². The molecule has 0 radical (unpaired) electrons. The molecule has 0 aliphatic rings. The second kappa shape index (κ2) is 5.65. The number of hydrogen-bond acceptors (Lipinski definition) is 4. The molecule has 0 aliphatic heterocycles. The first kappa shape index (κ1) is 13.3. The molecule has 0 spiro atoms. The molecule has 1 aromatic heterocycles. The normalized spacial score (nSPS) is 14.4. The molecule has 0 bridgehead atoms. The number of aliphatic hydroxyl groups excluding tert-OH is 1. The first-order valence-electron chi connectivity index (χ1n) is 5.80. The number of halogens is 1. The fourth-order valence-corrected chi connectivity index (χ4v) is 2.19. The highest BCUT2D eigenvalue weighted by Crippen LogP contribution is 2.27. The Morgan fingerprint density at radius 1 is 1.39 bits per heavy atom. The SMILES string of the molecule is CC(O)C(N)CNc1nccc2c(Br)cccc12. The topological polar surface area (TPSA) is 71.2 Å². The number of rotatable bonds is 4. The highest BCUT2D eigenvalue weighted by molar-refractivity contribution is 9.10. The van der Waals surface area contributed by atoms with Crippen molar-refractivity contribution in [2.24, 2.45) is 5.73 Å². The number of nitrogens with zero attached hydrogens (tertiary/aromatic N) is 1. The summed E-state index contributed by atoms with van der Waals surface area (Å²) < 4.78 is 1.03. The fourth-order valence-electron chi connectivity index (χ4n) is 1.69. The molecule has 4 nitrogen and oxygen atoms in total. The summed E-state index contributed by atoms with van der Waals surface area (Å²) >= 11 is 3.51. The molecular weight excluding hydrogens is 294 g/mol. The zero-order valence-electron chi connectivity index (χ0n) is 10.1. The summed E-state index contributed by atoms with van der Waals surface area (Å²) in [5.41, 5.74) is 5.79. The summed E-state index contributed by atoms with van der Waals surface area (Å²) in [5.74, 6) is 0.782. The Hall–Kier alpha value is -1.17. The van der Waals surface area contributed by atoms with Crippen molar-refractivity contribution in [2.75, 3.05) is 11.9 Å². The van der Waals surface area contributed by atoms with E-state index in [0.29, 0.717) is 6.54 Å². The Bertz CT molecular complexity index is 545. The van der Waals surface area contributed by atoms with Crippen molar-refractivity contribution in [3.63, 3.8) is 0 Å². The van der Waals surface area contributed by atoms with Crippen molar-refractivity contribution in [1.29, 1.82) is 0 Å². The lowest BCUT2D eigenvalue weighted by Crippen LogP contribution is -2.38. The third-order valence-corrected chi connectivity index (χ3v) is 3.57. The molecule has 4 N–H and O–H groups in total. The molecule has 2 unspecified atom stereocenters. The predicted octanol–water partition coefficient (Wildman–Crippen LogP) is 2.12. The summed E-state index contributed by atoms with van der Waals surface area (Å²) in [6.07, 6.45) is 1.21. The van der Waals surface area contributed by atoms with Gasteiger partial charge in [-0.1, -0.05) is 28.1 Å². The van der Waals surface area contributed by atoms with Crippen LogP contribution in [0.25, 0.3) is 10.8 Å². The van der Waals surface area contributed by atoms with Crippen LogP contribution >= 0.6 is 15.9 Å². The zero-order valence-corrected chi connectivity index (χ0v) is 11.7. The summed E-state index contributed by atoms with van der Waals surface area (Å²) in [6.45, 7) is 2.16.